The maximum absolute atomic E-state index is 12.5. The fraction of sp³-hybridized carbons (Fsp3) is 0.571. The summed E-state index contributed by atoms with van der Waals surface area (Å²) in [6.07, 6.45) is 7.82. The van der Waals surface area contributed by atoms with Crippen molar-refractivity contribution in [2.45, 2.75) is 75.5 Å². The number of amides is 1. The van der Waals surface area contributed by atoms with E-state index in [1.807, 2.05) is 0 Å². The van der Waals surface area contributed by atoms with Crippen LogP contribution in [0, 0.1) is 0 Å². The molecule has 0 aromatic heterocycles. The molecule has 4 N–H and O–H groups in total. The molecule has 6 heteroatoms. The van der Waals surface area contributed by atoms with Crippen LogP contribution in [-0.4, -0.2) is 28.1 Å². The quantitative estimate of drug-likeness (QED) is 0.699. The van der Waals surface area contributed by atoms with Crippen molar-refractivity contribution in [3.8, 4) is 0 Å². The summed E-state index contributed by atoms with van der Waals surface area (Å²) in [6, 6.07) is 0. The molecule has 3 aliphatic carbocycles. The highest BCUT2D eigenvalue weighted by molar-refractivity contribution is 6.07. The van der Waals surface area contributed by atoms with E-state index in [-0.39, 0.29) is 34.4 Å². The van der Waals surface area contributed by atoms with Crippen LogP contribution in [0.4, 0.5) is 0 Å². The molecule has 4 rings (SSSR count). The fourth-order valence-corrected chi connectivity index (χ4v) is 4.85. The Balaban J connectivity index is 2.12. The number of nitrogens with two attached hydrogens (primary N) is 1. The van der Waals surface area contributed by atoms with Gasteiger partial charge in [0.15, 0.2) is 0 Å². The second kappa shape index (κ2) is 6.66. The molecular weight excluding hydrogens is 346 g/mol. The molecule has 0 aliphatic heterocycles. The molecule has 27 heavy (non-hydrogen) atoms. The summed E-state index contributed by atoms with van der Waals surface area (Å²) in [6.45, 7) is 0. The van der Waals surface area contributed by atoms with E-state index in [0.29, 0.717) is 16.7 Å². The van der Waals surface area contributed by atoms with Crippen LogP contribution in [0.3, 0.4) is 0 Å². The van der Waals surface area contributed by atoms with Crippen LogP contribution < -0.4 is 5.73 Å². The second-order valence-corrected chi connectivity index (χ2v) is 8.22. The molecule has 0 atom stereocenters. The van der Waals surface area contributed by atoms with Gasteiger partial charge in [-0.05, 0) is 73.0 Å². The van der Waals surface area contributed by atoms with Crippen molar-refractivity contribution in [3.05, 3.63) is 33.4 Å². The lowest BCUT2D eigenvalue weighted by atomic mass is 9.65. The van der Waals surface area contributed by atoms with Crippen molar-refractivity contribution >= 4 is 17.8 Å². The van der Waals surface area contributed by atoms with Gasteiger partial charge < -0.3 is 15.9 Å². The van der Waals surface area contributed by atoms with Gasteiger partial charge in [-0.2, -0.15) is 0 Å². The highest BCUT2D eigenvalue weighted by Crippen LogP contribution is 2.51. The molecule has 6 nitrogen and oxygen atoms in total. The first kappa shape index (κ1) is 18.0. The first-order chi connectivity index (χ1) is 12.9. The number of hydrogen-bond acceptors (Lipinski definition) is 3. The van der Waals surface area contributed by atoms with E-state index < -0.39 is 17.8 Å². The lowest BCUT2D eigenvalue weighted by Crippen LogP contribution is -2.31. The number of carboxylic acids is 2. The predicted molar refractivity (Wildman–Crippen MR) is 98.7 cm³/mol. The van der Waals surface area contributed by atoms with Crippen LogP contribution in [0.1, 0.15) is 123 Å². The van der Waals surface area contributed by atoms with Gasteiger partial charge in [-0.15, -0.1) is 0 Å². The zero-order valence-electron chi connectivity index (χ0n) is 15.3. The minimum Gasteiger partial charge on any atom is -0.478 e. The van der Waals surface area contributed by atoms with Crippen molar-refractivity contribution in [3.63, 3.8) is 0 Å². The monoisotopic (exact) mass is 371 g/mol. The standard InChI is InChI=1S/C21H25NO5/c22-19(23)16-13(10-4-1-5-10)17(20(24)25)15(12-8-3-9-12)18(21(26)27)14(16)11-6-2-7-11/h10-12H,1-9H2,(H2,22,23)(H,24,25)(H,26,27). The normalized spacial score (nSPS) is 20.4. The highest BCUT2D eigenvalue weighted by atomic mass is 16.4. The smallest absolute Gasteiger partial charge is 0.336 e. The summed E-state index contributed by atoms with van der Waals surface area (Å²) in [4.78, 5) is 37.1. The van der Waals surface area contributed by atoms with E-state index in [4.69, 9.17) is 5.73 Å². The van der Waals surface area contributed by atoms with Gasteiger partial charge in [0.25, 0.3) is 0 Å². The molecule has 1 aromatic rings. The maximum Gasteiger partial charge on any atom is 0.336 e. The van der Waals surface area contributed by atoms with Gasteiger partial charge in [0.05, 0.1) is 11.1 Å². The van der Waals surface area contributed by atoms with Crippen LogP contribution in [0.2, 0.25) is 0 Å². The molecular formula is C21H25NO5. The van der Waals surface area contributed by atoms with Gasteiger partial charge in [0, 0.05) is 5.56 Å². The Labute approximate surface area is 157 Å². The lowest BCUT2D eigenvalue weighted by Gasteiger charge is -2.38. The average Bonchev–Trinajstić information content (AvgIpc) is 2.40. The summed E-state index contributed by atoms with van der Waals surface area (Å²) in [7, 11) is 0. The summed E-state index contributed by atoms with van der Waals surface area (Å²) in [5.74, 6) is -3.04. The van der Waals surface area contributed by atoms with Crippen molar-refractivity contribution in [1.82, 2.24) is 0 Å². The second-order valence-electron chi connectivity index (χ2n) is 8.22. The Morgan fingerprint density at radius 3 is 1.11 bits per heavy atom. The molecule has 0 unspecified atom stereocenters. The van der Waals surface area contributed by atoms with E-state index in [9.17, 15) is 24.6 Å². The summed E-state index contributed by atoms with van der Waals surface area (Å²) in [5.41, 5.74) is 7.54. The number of carbonyl (C=O) groups excluding carboxylic acids is 1. The zero-order valence-corrected chi connectivity index (χ0v) is 15.3. The van der Waals surface area contributed by atoms with Gasteiger partial charge in [-0.3, -0.25) is 4.79 Å². The van der Waals surface area contributed by atoms with E-state index in [2.05, 4.69) is 0 Å². The number of carbonyl (C=O) groups is 3. The number of rotatable bonds is 6. The average molecular weight is 371 g/mol. The predicted octanol–water partition coefficient (Wildman–Crippen LogP) is 3.98. The molecule has 0 spiro atoms. The number of primary amides is 1. The van der Waals surface area contributed by atoms with E-state index in [0.717, 1.165) is 57.8 Å². The number of carboxylic acid groups (broad SMARTS) is 2. The molecule has 0 heterocycles. The summed E-state index contributed by atoms with van der Waals surface area (Å²) in [5, 5.41) is 20.1. The van der Waals surface area contributed by atoms with Crippen molar-refractivity contribution < 1.29 is 24.6 Å². The molecule has 0 saturated heterocycles. The zero-order chi connectivity index (χ0) is 19.3. The third kappa shape index (κ3) is 2.73. The summed E-state index contributed by atoms with van der Waals surface area (Å²) >= 11 is 0. The minimum absolute atomic E-state index is 0.0147. The van der Waals surface area contributed by atoms with E-state index >= 15 is 0 Å². The van der Waals surface area contributed by atoms with Crippen molar-refractivity contribution in [1.29, 1.82) is 0 Å². The van der Waals surface area contributed by atoms with Crippen LogP contribution in [0.25, 0.3) is 0 Å². The largest absolute Gasteiger partial charge is 0.478 e. The number of benzene rings is 1. The molecule has 1 amide bonds. The third-order valence-corrected chi connectivity index (χ3v) is 6.83. The SMILES string of the molecule is NC(=O)c1c(C2CCC2)c(C(=O)O)c(C2CCC2)c(C(=O)O)c1C1CCC1. The third-order valence-electron chi connectivity index (χ3n) is 6.83. The van der Waals surface area contributed by atoms with E-state index in [1.54, 1.807) is 0 Å². The van der Waals surface area contributed by atoms with Crippen LogP contribution in [0.5, 0.6) is 0 Å². The molecule has 0 radical (unpaired) electrons. The Morgan fingerprint density at radius 1 is 0.630 bits per heavy atom. The van der Waals surface area contributed by atoms with Gasteiger partial charge in [-0.25, -0.2) is 9.59 Å². The highest BCUT2D eigenvalue weighted by Gasteiger charge is 2.42. The van der Waals surface area contributed by atoms with Gasteiger partial charge in [0.2, 0.25) is 5.91 Å². The molecule has 3 aliphatic rings. The molecule has 1 aromatic carbocycles. The Hall–Kier alpha value is -2.37. The minimum atomic E-state index is -1.14. The Morgan fingerprint density at radius 2 is 0.926 bits per heavy atom. The Kier molecular flexibility index (Phi) is 4.44. The molecule has 144 valence electrons. The van der Waals surface area contributed by atoms with Crippen molar-refractivity contribution in [2.24, 2.45) is 5.73 Å². The van der Waals surface area contributed by atoms with Gasteiger partial charge in [0.1, 0.15) is 0 Å². The fourth-order valence-electron chi connectivity index (χ4n) is 4.85. The van der Waals surface area contributed by atoms with Crippen LogP contribution in [0.15, 0.2) is 0 Å². The number of aromatic carboxylic acids is 2. The Bertz CT molecular complexity index is 701. The van der Waals surface area contributed by atoms with Crippen LogP contribution >= 0.6 is 0 Å². The topological polar surface area (TPSA) is 118 Å². The maximum atomic E-state index is 12.5. The summed E-state index contributed by atoms with van der Waals surface area (Å²) < 4.78 is 0. The number of hydrogen-bond donors (Lipinski definition) is 3. The first-order valence-corrected chi connectivity index (χ1v) is 9.91. The van der Waals surface area contributed by atoms with Crippen LogP contribution in [-0.2, 0) is 0 Å². The molecule has 0 bridgehead atoms. The molecule has 3 saturated carbocycles. The van der Waals surface area contributed by atoms with Gasteiger partial charge in [-0.1, -0.05) is 19.3 Å². The lowest BCUT2D eigenvalue weighted by molar-refractivity contribution is 0.0689. The molecule has 3 fully saturated rings. The van der Waals surface area contributed by atoms with E-state index in [1.165, 1.54) is 0 Å². The van der Waals surface area contributed by atoms with Crippen molar-refractivity contribution in [2.75, 3.05) is 0 Å². The first-order valence-electron chi connectivity index (χ1n) is 9.91. The van der Waals surface area contributed by atoms with Gasteiger partial charge >= 0.3 is 11.9 Å².